The number of hydrogen-bond acceptors (Lipinski definition) is 2. The number of nitrogens with zero attached hydrogens (tertiary/aromatic N) is 2. The fourth-order valence-corrected chi connectivity index (χ4v) is 3.44. The number of amides is 1. The van der Waals surface area contributed by atoms with Crippen molar-refractivity contribution in [3.05, 3.63) is 24.5 Å². The van der Waals surface area contributed by atoms with Crippen LogP contribution in [0.25, 0.3) is 0 Å². The van der Waals surface area contributed by atoms with E-state index >= 15 is 0 Å². The molecule has 2 unspecified atom stereocenters. The van der Waals surface area contributed by atoms with E-state index in [0.717, 1.165) is 25.7 Å². The molecule has 2 saturated heterocycles. The standard InChI is InChI=1S/C14H20N2O2/c1-18-13-8-11-4-5-12(9-13)16(11)14(17)10-15-6-2-3-7-15/h2-3,6-7,11-13H,4-5,8-10H2,1H3. The molecule has 0 aromatic carbocycles. The van der Waals surface area contributed by atoms with E-state index in [9.17, 15) is 4.79 Å². The van der Waals surface area contributed by atoms with E-state index in [2.05, 4.69) is 4.90 Å². The van der Waals surface area contributed by atoms with Crippen LogP contribution in [-0.4, -0.2) is 40.7 Å². The Labute approximate surface area is 108 Å². The van der Waals surface area contributed by atoms with Gasteiger partial charge in [-0.3, -0.25) is 4.79 Å². The maximum Gasteiger partial charge on any atom is 0.242 e. The van der Waals surface area contributed by atoms with E-state index in [1.807, 2.05) is 29.1 Å². The fourth-order valence-electron chi connectivity index (χ4n) is 3.44. The van der Waals surface area contributed by atoms with Gasteiger partial charge in [-0.1, -0.05) is 0 Å². The summed E-state index contributed by atoms with van der Waals surface area (Å²) in [4.78, 5) is 14.5. The van der Waals surface area contributed by atoms with E-state index < -0.39 is 0 Å². The Kier molecular flexibility index (Phi) is 3.12. The Morgan fingerprint density at radius 1 is 1.22 bits per heavy atom. The average molecular weight is 248 g/mol. The first-order valence-corrected chi connectivity index (χ1v) is 6.72. The molecule has 2 aliphatic heterocycles. The molecule has 18 heavy (non-hydrogen) atoms. The van der Waals surface area contributed by atoms with Crippen molar-refractivity contribution in [2.45, 2.75) is 50.4 Å². The summed E-state index contributed by atoms with van der Waals surface area (Å²) < 4.78 is 7.41. The van der Waals surface area contributed by atoms with Gasteiger partial charge in [-0.2, -0.15) is 0 Å². The number of aromatic nitrogens is 1. The maximum absolute atomic E-state index is 12.4. The lowest BCUT2D eigenvalue weighted by atomic mass is 9.99. The zero-order valence-electron chi connectivity index (χ0n) is 10.8. The van der Waals surface area contributed by atoms with E-state index in [1.165, 1.54) is 0 Å². The number of ether oxygens (including phenoxy) is 1. The van der Waals surface area contributed by atoms with E-state index in [1.54, 1.807) is 7.11 Å². The van der Waals surface area contributed by atoms with Crippen LogP contribution in [0.4, 0.5) is 0 Å². The Morgan fingerprint density at radius 2 is 1.83 bits per heavy atom. The fraction of sp³-hybridized carbons (Fsp3) is 0.643. The topological polar surface area (TPSA) is 34.5 Å². The van der Waals surface area contributed by atoms with Crippen molar-refractivity contribution < 1.29 is 9.53 Å². The predicted octanol–water partition coefficient (Wildman–Crippen LogP) is 1.66. The molecule has 2 aliphatic rings. The first-order valence-electron chi connectivity index (χ1n) is 6.72. The quantitative estimate of drug-likeness (QED) is 0.815. The van der Waals surface area contributed by atoms with Crippen molar-refractivity contribution in [1.29, 1.82) is 0 Å². The number of hydrogen-bond donors (Lipinski definition) is 0. The van der Waals surface area contributed by atoms with Gasteiger partial charge in [0, 0.05) is 31.6 Å². The first-order chi connectivity index (χ1) is 8.78. The van der Waals surface area contributed by atoms with Crippen LogP contribution in [0.5, 0.6) is 0 Å². The summed E-state index contributed by atoms with van der Waals surface area (Å²) in [5, 5.41) is 0. The molecular formula is C14H20N2O2. The molecule has 2 fully saturated rings. The third-order valence-electron chi connectivity index (χ3n) is 4.30. The maximum atomic E-state index is 12.4. The van der Waals surface area contributed by atoms with Gasteiger partial charge < -0.3 is 14.2 Å². The minimum absolute atomic E-state index is 0.258. The van der Waals surface area contributed by atoms with Crippen LogP contribution in [0, 0.1) is 0 Å². The summed E-state index contributed by atoms with van der Waals surface area (Å²) in [5.41, 5.74) is 0. The van der Waals surface area contributed by atoms with Crippen LogP contribution in [-0.2, 0) is 16.1 Å². The summed E-state index contributed by atoms with van der Waals surface area (Å²) in [7, 11) is 1.78. The largest absolute Gasteiger partial charge is 0.381 e. The number of carbonyl (C=O) groups is 1. The number of rotatable bonds is 3. The third kappa shape index (κ3) is 2.05. The second-order valence-electron chi connectivity index (χ2n) is 5.37. The Bertz CT molecular complexity index is 401. The lowest BCUT2D eigenvalue weighted by Crippen LogP contribution is -2.49. The SMILES string of the molecule is COC1CC2CCC(C1)N2C(=O)Cn1cccc1. The number of piperidine rings is 1. The highest BCUT2D eigenvalue weighted by Gasteiger charge is 2.43. The molecule has 0 spiro atoms. The molecule has 0 N–H and O–H groups in total. The van der Waals surface area contributed by atoms with Crippen LogP contribution in [0.15, 0.2) is 24.5 Å². The van der Waals surface area contributed by atoms with Crippen LogP contribution in [0.2, 0.25) is 0 Å². The highest BCUT2D eigenvalue weighted by molar-refractivity contribution is 5.77. The van der Waals surface area contributed by atoms with Gasteiger partial charge in [0.05, 0.1) is 6.10 Å². The molecule has 4 heteroatoms. The third-order valence-corrected chi connectivity index (χ3v) is 4.30. The van der Waals surface area contributed by atoms with Gasteiger partial charge in [-0.05, 0) is 37.8 Å². The lowest BCUT2D eigenvalue weighted by molar-refractivity contribution is -0.138. The molecule has 2 atom stereocenters. The van der Waals surface area contributed by atoms with Crippen molar-refractivity contribution in [3.63, 3.8) is 0 Å². The molecule has 0 saturated carbocycles. The molecule has 3 rings (SSSR count). The highest BCUT2D eigenvalue weighted by Crippen LogP contribution is 2.36. The number of carbonyl (C=O) groups excluding carboxylic acids is 1. The molecule has 98 valence electrons. The average Bonchev–Trinajstić information content (AvgIpc) is 2.95. The summed E-state index contributed by atoms with van der Waals surface area (Å²) in [6.45, 7) is 0.470. The van der Waals surface area contributed by atoms with Crippen molar-refractivity contribution in [1.82, 2.24) is 9.47 Å². The Morgan fingerprint density at radius 3 is 2.39 bits per heavy atom. The van der Waals surface area contributed by atoms with Crippen LogP contribution in [0.3, 0.4) is 0 Å². The summed E-state index contributed by atoms with van der Waals surface area (Å²) >= 11 is 0. The molecule has 1 aromatic rings. The zero-order valence-corrected chi connectivity index (χ0v) is 10.8. The van der Waals surface area contributed by atoms with Crippen molar-refractivity contribution in [3.8, 4) is 0 Å². The normalized spacial score (nSPS) is 30.7. The van der Waals surface area contributed by atoms with Gasteiger partial charge in [0.25, 0.3) is 0 Å². The van der Waals surface area contributed by atoms with Gasteiger partial charge in [0.2, 0.25) is 5.91 Å². The smallest absolute Gasteiger partial charge is 0.242 e. The molecular weight excluding hydrogens is 228 g/mol. The lowest BCUT2D eigenvalue weighted by Gasteiger charge is -2.38. The second-order valence-corrected chi connectivity index (χ2v) is 5.37. The zero-order chi connectivity index (χ0) is 12.5. The van der Waals surface area contributed by atoms with Crippen LogP contribution in [0.1, 0.15) is 25.7 Å². The Hall–Kier alpha value is -1.29. The van der Waals surface area contributed by atoms with Crippen molar-refractivity contribution in [2.24, 2.45) is 0 Å². The van der Waals surface area contributed by atoms with E-state index in [0.29, 0.717) is 24.7 Å². The van der Waals surface area contributed by atoms with E-state index in [4.69, 9.17) is 4.74 Å². The monoisotopic (exact) mass is 248 g/mol. The molecule has 0 radical (unpaired) electrons. The highest BCUT2D eigenvalue weighted by atomic mass is 16.5. The molecule has 2 bridgehead atoms. The Balaban J connectivity index is 1.68. The summed E-state index contributed by atoms with van der Waals surface area (Å²) in [6, 6.07) is 4.71. The van der Waals surface area contributed by atoms with Crippen molar-refractivity contribution in [2.75, 3.05) is 7.11 Å². The molecule has 4 nitrogen and oxygen atoms in total. The first kappa shape index (κ1) is 11.8. The van der Waals surface area contributed by atoms with Crippen LogP contribution >= 0.6 is 0 Å². The molecule has 1 aromatic heterocycles. The minimum atomic E-state index is 0.258. The van der Waals surface area contributed by atoms with Gasteiger partial charge in [0.15, 0.2) is 0 Å². The number of fused-ring (bicyclic) bond motifs is 2. The van der Waals surface area contributed by atoms with Crippen molar-refractivity contribution >= 4 is 5.91 Å². The molecule has 3 heterocycles. The summed E-state index contributed by atoms with van der Waals surface area (Å²) in [6.07, 6.45) is 8.53. The predicted molar refractivity (Wildman–Crippen MR) is 68.1 cm³/mol. The molecule has 1 amide bonds. The van der Waals surface area contributed by atoms with Gasteiger partial charge in [-0.25, -0.2) is 0 Å². The van der Waals surface area contributed by atoms with Gasteiger partial charge in [0.1, 0.15) is 6.54 Å². The van der Waals surface area contributed by atoms with Crippen LogP contribution < -0.4 is 0 Å². The molecule has 0 aliphatic carbocycles. The minimum Gasteiger partial charge on any atom is -0.381 e. The number of methoxy groups -OCH3 is 1. The van der Waals surface area contributed by atoms with Gasteiger partial charge in [-0.15, -0.1) is 0 Å². The van der Waals surface area contributed by atoms with Gasteiger partial charge >= 0.3 is 0 Å². The van der Waals surface area contributed by atoms with E-state index in [-0.39, 0.29) is 5.91 Å². The second kappa shape index (κ2) is 4.76. The summed E-state index contributed by atoms with van der Waals surface area (Å²) in [5.74, 6) is 0.258.